The predicted octanol–water partition coefficient (Wildman–Crippen LogP) is 2.56. The van der Waals surface area contributed by atoms with Gasteiger partial charge >= 0.3 is 5.97 Å². The third kappa shape index (κ3) is 3.91. The van der Waals surface area contributed by atoms with Crippen LogP contribution in [0.25, 0.3) is 0 Å². The Bertz CT molecular complexity index is 350. The van der Waals surface area contributed by atoms with Crippen LogP contribution in [0.3, 0.4) is 0 Å². The van der Waals surface area contributed by atoms with Gasteiger partial charge in [-0.1, -0.05) is 15.9 Å². The molecule has 0 saturated carbocycles. The zero-order valence-corrected chi connectivity index (χ0v) is 10.3. The van der Waals surface area contributed by atoms with Crippen molar-refractivity contribution in [1.29, 1.82) is 0 Å². The first-order valence-electron chi connectivity index (χ1n) is 4.64. The van der Waals surface area contributed by atoms with Gasteiger partial charge in [0.05, 0.1) is 20.1 Å². The number of rotatable bonds is 4. The van der Waals surface area contributed by atoms with E-state index in [4.69, 9.17) is 9.47 Å². The number of carbonyl (C=O) groups is 1. The van der Waals surface area contributed by atoms with Crippen molar-refractivity contribution < 1.29 is 14.3 Å². The monoisotopic (exact) mass is 272 g/mol. The lowest BCUT2D eigenvalue weighted by Crippen LogP contribution is -2.07. The van der Waals surface area contributed by atoms with E-state index < -0.39 is 0 Å². The minimum Gasteiger partial charge on any atom is -0.497 e. The van der Waals surface area contributed by atoms with Crippen molar-refractivity contribution in [3.63, 3.8) is 0 Å². The summed E-state index contributed by atoms with van der Waals surface area (Å²) in [6.07, 6.45) is 0.267. The van der Waals surface area contributed by atoms with E-state index in [0.717, 1.165) is 15.8 Å². The molecule has 1 rings (SSSR count). The molecule has 1 aromatic rings. The van der Waals surface area contributed by atoms with Crippen LogP contribution >= 0.6 is 15.9 Å². The minimum absolute atomic E-state index is 0.224. The van der Waals surface area contributed by atoms with Crippen LogP contribution in [0.4, 0.5) is 0 Å². The van der Waals surface area contributed by atoms with Crippen molar-refractivity contribution in [1.82, 2.24) is 0 Å². The number of benzene rings is 1. The Labute approximate surface area is 97.5 Å². The molecule has 0 heterocycles. The van der Waals surface area contributed by atoms with Gasteiger partial charge in [0.2, 0.25) is 0 Å². The molecule has 15 heavy (non-hydrogen) atoms. The van der Waals surface area contributed by atoms with Gasteiger partial charge in [0.15, 0.2) is 0 Å². The molecule has 0 unspecified atom stereocenters. The van der Waals surface area contributed by atoms with Gasteiger partial charge in [-0.15, -0.1) is 0 Å². The molecule has 0 N–H and O–H groups in total. The van der Waals surface area contributed by atoms with Gasteiger partial charge in [0.1, 0.15) is 5.75 Å². The summed E-state index contributed by atoms with van der Waals surface area (Å²) < 4.78 is 10.8. The topological polar surface area (TPSA) is 35.5 Å². The first-order valence-corrected chi connectivity index (χ1v) is 5.44. The van der Waals surface area contributed by atoms with E-state index in [-0.39, 0.29) is 12.4 Å². The number of halogens is 1. The van der Waals surface area contributed by atoms with Crippen LogP contribution in [0.1, 0.15) is 12.5 Å². The maximum atomic E-state index is 11.2. The molecular formula is C11H13BrO3. The van der Waals surface area contributed by atoms with Crippen LogP contribution in [0.2, 0.25) is 0 Å². The molecule has 0 aliphatic carbocycles. The normalized spacial score (nSPS) is 9.80. The zero-order chi connectivity index (χ0) is 11.3. The first-order chi connectivity index (χ1) is 7.15. The highest BCUT2D eigenvalue weighted by Gasteiger charge is 2.06. The summed E-state index contributed by atoms with van der Waals surface area (Å²) in [7, 11) is 1.59. The molecule has 0 spiro atoms. The number of ether oxygens (including phenoxy) is 2. The van der Waals surface area contributed by atoms with Gasteiger partial charge in [-0.2, -0.15) is 0 Å². The fraction of sp³-hybridized carbons (Fsp3) is 0.364. The van der Waals surface area contributed by atoms with E-state index >= 15 is 0 Å². The molecule has 0 aliphatic rings. The molecular weight excluding hydrogens is 260 g/mol. The fourth-order valence-corrected chi connectivity index (χ4v) is 1.74. The summed E-state index contributed by atoms with van der Waals surface area (Å²) in [6.45, 7) is 2.20. The molecule has 0 fully saturated rings. The van der Waals surface area contributed by atoms with Crippen LogP contribution in [0.15, 0.2) is 22.7 Å². The Hall–Kier alpha value is -1.03. The van der Waals surface area contributed by atoms with E-state index in [9.17, 15) is 4.79 Å². The van der Waals surface area contributed by atoms with Gasteiger partial charge in [-0.05, 0) is 30.7 Å². The van der Waals surface area contributed by atoms with Gasteiger partial charge in [-0.25, -0.2) is 0 Å². The molecule has 4 heteroatoms. The van der Waals surface area contributed by atoms with E-state index in [0.29, 0.717) is 6.61 Å². The van der Waals surface area contributed by atoms with E-state index in [1.165, 1.54) is 0 Å². The summed E-state index contributed by atoms with van der Waals surface area (Å²) in [6, 6.07) is 5.54. The Morgan fingerprint density at radius 2 is 2.13 bits per heavy atom. The SMILES string of the molecule is CCOC(=O)Cc1cc(Br)cc(OC)c1. The quantitative estimate of drug-likeness (QED) is 0.791. The number of methoxy groups -OCH3 is 1. The third-order valence-electron chi connectivity index (χ3n) is 1.82. The molecule has 0 saturated heterocycles. The zero-order valence-electron chi connectivity index (χ0n) is 8.75. The first kappa shape index (κ1) is 12.0. The van der Waals surface area contributed by atoms with E-state index in [2.05, 4.69) is 15.9 Å². The molecule has 0 radical (unpaired) electrons. The van der Waals surface area contributed by atoms with Crippen LogP contribution in [0.5, 0.6) is 5.75 Å². The molecule has 1 aromatic carbocycles. The Kier molecular flexibility index (Phi) is 4.62. The molecule has 82 valence electrons. The number of carbonyl (C=O) groups excluding carboxylic acids is 1. The van der Waals surface area contributed by atoms with Gasteiger partial charge < -0.3 is 9.47 Å². The van der Waals surface area contributed by atoms with E-state index in [1.807, 2.05) is 18.2 Å². The second-order valence-corrected chi connectivity index (χ2v) is 3.90. The van der Waals surface area contributed by atoms with Gasteiger partial charge in [0.25, 0.3) is 0 Å². The maximum Gasteiger partial charge on any atom is 0.310 e. The predicted molar refractivity (Wildman–Crippen MR) is 61.0 cm³/mol. The number of hydrogen-bond acceptors (Lipinski definition) is 3. The van der Waals surface area contributed by atoms with Crippen molar-refractivity contribution in [2.45, 2.75) is 13.3 Å². The van der Waals surface area contributed by atoms with Crippen LogP contribution < -0.4 is 4.74 Å². The molecule has 0 bridgehead atoms. The van der Waals surface area contributed by atoms with Gasteiger partial charge in [0, 0.05) is 4.47 Å². The largest absolute Gasteiger partial charge is 0.497 e. The summed E-state index contributed by atoms with van der Waals surface area (Å²) in [5, 5.41) is 0. The number of esters is 1. The van der Waals surface area contributed by atoms with Crippen LogP contribution in [0, 0.1) is 0 Å². The molecule has 0 amide bonds. The second-order valence-electron chi connectivity index (χ2n) is 2.98. The average Bonchev–Trinajstić information content (AvgIpc) is 2.17. The lowest BCUT2D eigenvalue weighted by Gasteiger charge is -2.05. The molecule has 3 nitrogen and oxygen atoms in total. The molecule has 0 aliphatic heterocycles. The lowest BCUT2D eigenvalue weighted by molar-refractivity contribution is -0.142. The maximum absolute atomic E-state index is 11.2. The van der Waals surface area contributed by atoms with Crippen molar-refractivity contribution in [3.8, 4) is 5.75 Å². The van der Waals surface area contributed by atoms with Crippen LogP contribution in [-0.4, -0.2) is 19.7 Å². The molecule has 0 aromatic heterocycles. The Morgan fingerprint density at radius 1 is 1.40 bits per heavy atom. The highest BCUT2D eigenvalue weighted by Crippen LogP contribution is 2.21. The third-order valence-corrected chi connectivity index (χ3v) is 2.28. The highest BCUT2D eigenvalue weighted by molar-refractivity contribution is 9.10. The van der Waals surface area contributed by atoms with Crippen molar-refractivity contribution >= 4 is 21.9 Å². The summed E-state index contributed by atoms with van der Waals surface area (Å²) >= 11 is 3.35. The van der Waals surface area contributed by atoms with Crippen LogP contribution in [-0.2, 0) is 16.0 Å². The van der Waals surface area contributed by atoms with Crippen molar-refractivity contribution in [3.05, 3.63) is 28.2 Å². The Balaban J connectivity index is 2.76. The van der Waals surface area contributed by atoms with Crippen molar-refractivity contribution in [2.24, 2.45) is 0 Å². The smallest absolute Gasteiger partial charge is 0.310 e. The fourth-order valence-electron chi connectivity index (χ4n) is 1.22. The highest BCUT2D eigenvalue weighted by atomic mass is 79.9. The van der Waals surface area contributed by atoms with Gasteiger partial charge in [-0.3, -0.25) is 4.79 Å². The van der Waals surface area contributed by atoms with E-state index in [1.54, 1.807) is 14.0 Å². The summed E-state index contributed by atoms with van der Waals surface area (Å²) in [5.41, 5.74) is 0.875. The lowest BCUT2D eigenvalue weighted by atomic mass is 10.1. The second kappa shape index (κ2) is 5.75. The average molecular weight is 273 g/mol. The van der Waals surface area contributed by atoms with Crippen molar-refractivity contribution in [2.75, 3.05) is 13.7 Å². The minimum atomic E-state index is -0.224. The standard InChI is InChI=1S/C11H13BrO3/c1-3-15-11(13)6-8-4-9(12)7-10(5-8)14-2/h4-5,7H,3,6H2,1-2H3. The summed E-state index contributed by atoms with van der Waals surface area (Å²) in [5.74, 6) is 0.501. The summed E-state index contributed by atoms with van der Waals surface area (Å²) in [4.78, 5) is 11.2. The number of hydrogen-bond donors (Lipinski definition) is 0. The Morgan fingerprint density at radius 3 is 2.73 bits per heavy atom. The molecule has 0 atom stereocenters.